The fourth-order valence-electron chi connectivity index (χ4n) is 2.41. The van der Waals surface area contributed by atoms with Crippen LogP contribution in [0.1, 0.15) is 53.4 Å². The average molecular weight is 197 g/mol. The Kier molecular flexibility index (Phi) is 3.57. The monoisotopic (exact) mass is 197 g/mol. The van der Waals surface area contributed by atoms with Gasteiger partial charge in [0.25, 0.3) is 0 Å². The lowest BCUT2D eigenvalue weighted by Gasteiger charge is -2.27. The maximum absolute atomic E-state index is 11.8. The van der Waals surface area contributed by atoms with Gasteiger partial charge in [-0.25, -0.2) is 0 Å². The van der Waals surface area contributed by atoms with E-state index in [1.54, 1.807) is 0 Å². The van der Waals surface area contributed by atoms with E-state index in [2.05, 4.69) is 32.6 Å². The third kappa shape index (κ3) is 2.28. The van der Waals surface area contributed by atoms with Crippen LogP contribution in [0.4, 0.5) is 0 Å². The molecule has 0 radical (unpaired) electrons. The van der Waals surface area contributed by atoms with Crippen LogP contribution < -0.4 is 0 Å². The molecule has 2 atom stereocenters. The molecule has 1 saturated heterocycles. The number of carbonyl (C=O) groups is 1. The molecule has 2 heteroatoms. The van der Waals surface area contributed by atoms with E-state index in [1.807, 2.05) is 0 Å². The zero-order valence-electron chi connectivity index (χ0n) is 9.97. The molecular formula is C12H23NO. The van der Waals surface area contributed by atoms with Gasteiger partial charge in [0.05, 0.1) is 0 Å². The Labute approximate surface area is 87.7 Å². The van der Waals surface area contributed by atoms with Crippen LogP contribution in [0.25, 0.3) is 0 Å². The number of rotatable bonds is 4. The van der Waals surface area contributed by atoms with Crippen molar-refractivity contribution in [2.75, 3.05) is 6.54 Å². The molecule has 0 aliphatic carbocycles. The molecule has 0 aromatic heterocycles. The molecule has 0 saturated carbocycles. The molecule has 1 amide bonds. The van der Waals surface area contributed by atoms with Gasteiger partial charge in [-0.1, -0.05) is 27.2 Å². The highest BCUT2D eigenvalue weighted by Crippen LogP contribution is 2.36. The third-order valence-electron chi connectivity index (χ3n) is 3.43. The highest BCUT2D eigenvalue weighted by Gasteiger charge is 2.39. The molecule has 1 unspecified atom stereocenters. The molecule has 2 nitrogen and oxygen atoms in total. The van der Waals surface area contributed by atoms with Gasteiger partial charge in [-0.2, -0.15) is 0 Å². The van der Waals surface area contributed by atoms with Crippen molar-refractivity contribution in [2.24, 2.45) is 5.41 Å². The SMILES string of the molecule is CCCC1(C)CC(=O)N([C@@H](C)CC)C1. The average Bonchev–Trinajstić information content (AvgIpc) is 2.41. The number of hydrogen-bond acceptors (Lipinski definition) is 1. The van der Waals surface area contributed by atoms with Crippen molar-refractivity contribution >= 4 is 5.91 Å². The largest absolute Gasteiger partial charge is 0.339 e. The summed E-state index contributed by atoms with van der Waals surface area (Å²) in [7, 11) is 0. The first-order valence-electron chi connectivity index (χ1n) is 5.82. The summed E-state index contributed by atoms with van der Waals surface area (Å²) < 4.78 is 0. The minimum absolute atomic E-state index is 0.245. The van der Waals surface area contributed by atoms with E-state index in [4.69, 9.17) is 0 Å². The lowest BCUT2D eigenvalue weighted by atomic mass is 9.85. The first-order chi connectivity index (χ1) is 6.52. The molecular weight excluding hydrogens is 174 g/mol. The predicted molar refractivity (Wildman–Crippen MR) is 59.1 cm³/mol. The van der Waals surface area contributed by atoms with Crippen LogP contribution in [-0.4, -0.2) is 23.4 Å². The molecule has 0 N–H and O–H groups in total. The number of hydrogen-bond donors (Lipinski definition) is 0. The molecule has 1 aliphatic rings. The smallest absolute Gasteiger partial charge is 0.223 e. The van der Waals surface area contributed by atoms with Gasteiger partial charge in [0, 0.05) is 19.0 Å². The second kappa shape index (κ2) is 4.33. The van der Waals surface area contributed by atoms with Crippen LogP contribution in [-0.2, 0) is 4.79 Å². The highest BCUT2D eigenvalue weighted by molar-refractivity contribution is 5.79. The van der Waals surface area contributed by atoms with Gasteiger partial charge < -0.3 is 4.90 Å². The summed E-state index contributed by atoms with van der Waals surface area (Å²) in [5, 5.41) is 0. The maximum Gasteiger partial charge on any atom is 0.223 e. The topological polar surface area (TPSA) is 20.3 Å². The normalized spacial score (nSPS) is 29.7. The van der Waals surface area contributed by atoms with E-state index in [1.165, 1.54) is 12.8 Å². The van der Waals surface area contributed by atoms with Crippen LogP contribution in [0, 0.1) is 5.41 Å². The molecule has 0 bridgehead atoms. The molecule has 82 valence electrons. The number of nitrogens with zero attached hydrogens (tertiary/aromatic N) is 1. The van der Waals surface area contributed by atoms with E-state index < -0.39 is 0 Å². The van der Waals surface area contributed by atoms with Crippen LogP contribution in [0.5, 0.6) is 0 Å². The number of amides is 1. The Hall–Kier alpha value is -0.530. The van der Waals surface area contributed by atoms with E-state index in [-0.39, 0.29) is 5.41 Å². The predicted octanol–water partition coefficient (Wildman–Crippen LogP) is 2.82. The van der Waals surface area contributed by atoms with Crippen LogP contribution >= 0.6 is 0 Å². The van der Waals surface area contributed by atoms with Crippen molar-refractivity contribution in [1.29, 1.82) is 0 Å². The van der Waals surface area contributed by atoms with E-state index in [0.717, 1.165) is 19.4 Å². The molecule has 14 heavy (non-hydrogen) atoms. The quantitative estimate of drug-likeness (QED) is 0.678. The lowest BCUT2D eigenvalue weighted by molar-refractivity contribution is -0.129. The first-order valence-corrected chi connectivity index (χ1v) is 5.82. The lowest BCUT2D eigenvalue weighted by Crippen LogP contribution is -2.35. The van der Waals surface area contributed by atoms with Gasteiger partial charge in [-0.15, -0.1) is 0 Å². The van der Waals surface area contributed by atoms with Gasteiger partial charge in [0.15, 0.2) is 0 Å². The van der Waals surface area contributed by atoms with Crippen molar-refractivity contribution in [2.45, 2.75) is 59.4 Å². The molecule has 0 spiro atoms. The molecule has 1 rings (SSSR count). The van der Waals surface area contributed by atoms with Crippen LogP contribution in [0.15, 0.2) is 0 Å². The second-order valence-electron chi connectivity index (χ2n) is 5.02. The zero-order valence-corrected chi connectivity index (χ0v) is 9.97. The van der Waals surface area contributed by atoms with E-state index >= 15 is 0 Å². The summed E-state index contributed by atoms with van der Waals surface area (Å²) in [6, 6.07) is 0.418. The van der Waals surface area contributed by atoms with Gasteiger partial charge >= 0.3 is 0 Å². The Morgan fingerprint density at radius 1 is 1.50 bits per heavy atom. The molecule has 0 aromatic carbocycles. The van der Waals surface area contributed by atoms with Crippen LogP contribution in [0.2, 0.25) is 0 Å². The summed E-state index contributed by atoms with van der Waals surface area (Å²) in [5.74, 6) is 0.357. The van der Waals surface area contributed by atoms with Crippen molar-refractivity contribution in [3.63, 3.8) is 0 Å². The summed E-state index contributed by atoms with van der Waals surface area (Å²) in [6.45, 7) is 9.70. The number of likely N-dealkylation sites (tertiary alicyclic amines) is 1. The number of carbonyl (C=O) groups excluding carboxylic acids is 1. The molecule has 1 aliphatic heterocycles. The van der Waals surface area contributed by atoms with E-state index in [0.29, 0.717) is 11.9 Å². The van der Waals surface area contributed by atoms with Gasteiger partial charge in [-0.3, -0.25) is 4.79 Å². The Balaban J connectivity index is 2.63. The molecule has 0 aromatic rings. The molecule has 1 fully saturated rings. The van der Waals surface area contributed by atoms with Gasteiger partial charge in [0.2, 0.25) is 5.91 Å². The Morgan fingerprint density at radius 3 is 2.64 bits per heavy atom. The van der Waals surface area contributed by atoms with E-state index in [9.17, 15) is 4.79 Å². The maximum atomic E-state index is 11.8. The van der Waals surface area contributed by atoms with Crippen molar-refractivity contribution < 1.29 is 4.79 Å². The Morgan fingerprint density at radius 2 is 2.14 bits per heavy atom. The summed E-state index contributed by atoms with van der Waals surface area (Å²) >= 11 is 0. The molecule has 1 heterocycles. The fraction of sp³-hybridized carbons (Fsp3) is 0.917. The minimum atomic E-state index is 0.245. The van der Waals surface area contributed by atoms with Crippen LogP contribution in [0.3, 0.4) is 0 Å². The van der Waals surface area contributed by atoms with Crippen molar-refractivity contribution in [1.82, 2.24) is 4.90 Å². The highest BCUT2D eigenvalue weighted by atomic mass is 16.2. The zero-order chi connectivity index (χ0) is 10.8. The summed E-state index contributed by atoms with van der Waals surface area (Å²) in [5.41, 5.74) is 0.245. The van der Waals surface area contributed by atoms with Crippen molar-refractivity contribution in [3.8, 4) is 0 Å². The minimum Gasteiger partial charge on any atom is -0.339 e. The fourth-order valence-corrected chi connectivity index (χ4v) is 2.41. The Bertz CT molecular complexity index is 214. The summed E-state index contributed by atoms with van der Waals surface area (Å²) in [6.07, 6.45) is 4.17. The standard InChI is InChI=1S/C12H23NO/c1-5-7-12(4)8-11(14)13(9-12)10(3)6-2/h10H,5-9H2,1-4H3/t10-,12?/m0/s1. The second-order valence-corrected chi connectivity index (χ2v) is 5.02. The third-order valence-corrected chi connectivity index (χ3v) is 3.43. The first kappa shape index (κ1) is 11.5. The summed E-state index contributed by atoms with van der Waals surface area (Å²) in [4.78, 5) is 13.9. The van der Waals surface area contributed by atoms with Crippen molar-refractivity contribution in [3.05, 3.63) is 0 Å². The van der Waals surface area contributed by atoms with Gasteiger partial charge in [-0.05, 0) is 25.2 Å². The van der Waals surface area contributed by atoms with Gasteiger partial charge in [0.1, 0.15) is 0 Å².